The molecule has 0 spiro atoms. The van der Waals surface area contributed by atoms with E-state index in [0.717, 1.165) is 10.0 Å². The fourth-order valence-corrected chi connectivity index (χ4v) is 1.49. The Labute approximate surface area is 86.0 Å². The molecule has 0 amide bonds. The molecule has 1 aromatic carbocycles. The van der Waals surface area contributed by atoms with Crippen molar-refractivity contribution in [3.8, 4) is 0 Å². The number of hydrogen-bond acceptors (Lipinski definition) is 2. The van der Waals surface area contributed by atoms with Crippen molar-refractivity contribution in [1.29, 1.82) is 0 Å². The van der Waals surface area contributed by atoms with Gasteiger partial charge in [0, 0.05) is 18.0 Å². The Kier molecular flexibility index (Phi) is 4.12. The van der Waals surface area contributed by atoms with Crippen molar-refractivity contribution < 1.29 is 9.53 Å². The first-order valence-corrected chi connectivity index (χ1v) is 4.77. The number of rotatable bonds is 4. The van der Waals surface area contributed by atoms with Gasteiger partial charge < -0.3 is 4.74 Å². The summed E-state index contributed by atoms with van der Waals surface area (Å²) in [6.07, 6.45) is 0.426. The highest BCUT2D eigenvalue weighted by Gasteiger charge is 2.05. The van der Waals surface area contributed by atoms with E-state index >= 15 is 0 Å². The van der Waals surface area contributed by atoms with E-state index in [1.54, 1.807) is 0 Å². The van der Waals surface area contributed by atoms with Gasteiger partial charge in [0.15, 0.2) is 5.78 Å². The number of carbonyl (C=O) groups excluding carboxylic acids is 1. The zero-order valence-corrected chi connectivity index (χ0v) is 9.00. The van der Waals surface area contributed by atoms with Crippen LogP contribution in [-0.4, -0.2) is 19.5 Å². The molecule has 0 saturated heterocycles. The number of ketones is 1. The summed E-state index contributed by atoms with van der Waals surface area (Å²) in [5.41, 5.74) is 1.00. The molecule has 0 aliphatic carbocycles. The van der Waals surface area contributed by atoms with Gasteiger partial charge in [-0.2, -0.15) is 0 Å². The maximum Gasteiger partial charge on any atom is 0.162 e. The van der Waals surface area contributed by atoms with Gasteiger partial charge in [-0.15, -0.1) is 0 Å². The van der Waals surface area contributed by atoms with Crippen molar-refractivity contribution in [2.75, 3.05) is 13.7 Å². The van der Waals surface area contributed by atoms with Crippen LogP contribution in [0, 0.1) is 0 Å². The maximum atomic E-state index is 11.2. The number of Topliss-reactive ketones (excluding diaryl/α,β-unsaturated/α-hetero) is 1. The van der Waals surface area contributed by atoms with Crippen LogP contribution in [-0.2, 0) is 16.0 Å². The highest BCUT2D eigenvalue weighted by Crippen LogP contribution is 2.16. The summed E-state index contributed by atoms with van der Waals surface area (Å²) in [6, 6.07) is 7.70. The standard InChI is InChI=1S/C10H11BrO2/c1-13-7-9(12)6-8-4-2-3-5-10(8)11/h2-5H,6-7H2,1H3. The number of halogens is 1. The molecule has 0 unspecified atom stereocenters. The molecule has 0 N–H and O–H groups in total. The molecule has 0 aliphatic heterocycles. The minimum Gasteiger partial charge on any atom is -0.377 e. The monoisotopic (exact) mass is 242 g/mol. The average molecular weight is 243 g/mol. The van der Waals surface area contributed by atoms with E-state index in [-0.39, 0.29) is 12.4 Å². The van der Waals surface area contributed by atoms with Crippen LogP contribution in [0.3, 0.4) is 0 Å². The first-order chi connectivity index (χ1) is 6.24. The highest BCUT2D eigenvalue weighted by molar-refractivity contribution is 9.10. The summed E-state index contributed by atoms with van der Waals surface area (Å²) in [7, 11) is 1.53. The van der Waals surface area contributed by atoms with Crippen molar-refractivity contribution in [1.82, 2.24) is 0 Å². The Balaban J connectivity index is 2.63. The van der Waals surface area contributed by atoms with E-state index in [1.165, 1.54) is 7.11 Å². The van der Waals surface area contributed by atoms with Crippen LogP contribution >= 0.6 is 15.9 Å². The fourth-order valence-electron chi connectivity index (χ4n) is 1.07. The van der Waals surface area contributed by atoms with Gasteiger partial charge in [-0.05, 0) is 11.6 Å². The van der Waals surface area contributed by atoms with Gasteiger partial charge in [0.05, 0.1) is 0 Å². The quantitative estimate of drug-likeness (QED) is 0.810. The zero-order chi connectivity index (χ0) is 9.68. The Morgan fingerprint density at radius 2 is 2.15 bits per heavy atom. The van der Waals surface area contributed by atoms with Crippen LogP contribution in [0.4, 0.5) is 0 Å². The van der Waals surface area contributed by atoms with E-state index < -0.39 is 0 Å². The molecule has 1 aromatic rings. The van der Waals surface area contributed by atoms with Crippen molar-refractivity contribution >= 4 is 21.7 Å². The molecule has 0 bridgehead atoms. The second-order valence-corrected chi connectivity index (χ2v) is 3.59. The molecule has 0 radical (unpaired) electrons. The molecular weight excluding hydrogens is 232 g/mol. The molecule has 2 nitrogen and oxygen atoms in total. The summed E-state index contributed by atoms with van der Waals surface area (Å²) in [5.74, 6) is 0.0920. The topological polar surface area (TPSA) is 26.3 Å². The van der Waals surface area contributed by atoms with Crippen molar-refractivity contribution in [2.24, 2.45) is 0 Å². The van der Waals surface area contributed by atoms with E-state index in [4.69, 9.17) is 4.74 Å². The Morgan fingerprint density at radius 1 is 1.46 bits per heavy atom. The lowest BCUT2D eigenvalue weighted by Gasteiger charge is -2.02. The van der Waals surface area contributed by atoms with Crippen LogP contribution in [0.5, 0.6) is 0 Å². The molecule has 0 atom stereocenters. The fraction of sp³-hybridized carbons (Fsp3) is 0.300. The van der Waals surface area contributed by atoms with Gasteiger partial charge in [-0.1, -0.05) is 34.1 Å². The summed E-state index contributed by atoms with van der Waals surface area (Å²) in [4.78, 5) is 11.2. The summed E-state index contributed by atoms with van der Waals surface area (Å²) in [6.45, 7) is 0.182. The van der Waals surface area contributed by atoms with Gasteiger partial charge in [0.25, 0.3) is 0 Å². The highest BCUT2D eigenvalue weighted by atomic mass is 79.9. The van der Waals surface area contributed by atoms with Crippen molar-refractivity contribution in [3.63, 3.8) is 0 Å². The van der Waals surface area contributed by atoms with Gasteiger partial charge in [-0.3, -0.25) is 4.79 Å². The largest absolute Gasteiger partial charge is 0.377 e. The van der Waals surface area contributed by atoms with Gasteiger partial charge in [0.1, 0.15) is 6.61 Å². The third-order valence-electron chi connectivity index (χ3n) is 1.65. The van der Waals surface area contributed by atoms with Crippen LogP contribution in [0.25, 0.3) is 0 Å². The van der Waals surface area contributed by atoms with Gasteiger partial charge in [-0.25, -0.2) is 0 Å². The normalized spacial score (nSPS) is 10.0. The third kappa shape index (κ3) is 3.28. The summed E-state index contributed by atoms with van der Waals surface area (Å²) in [5, 5.41) is 0. The average Bonchev–Trinajstić information content (AvgIpc) is 2.09. The lowest BCUT2D eigenvalue weighted by atomic mass is 10.1. The number of carbonyl (C=O) groups is 1. The van der Waals surface area contributed by atoms with Crippen LogP contribution in [0.1, 0.15) is 5.56 Å². The smallest absolute Gasteiger partial charge is 0.162 e. The minimum atomic E-state index is 0.0920. The first-order valence-electron chi connectivity index (χ1n) is 3.98. The lowest BCUT2D eigenvalue weighted by Crippen LogP contribution is -2.09. The predicted octanol–water partition coefficient (Wildman–Crippen LogP) is 2.21. The Bertz CT molecular complexity index is 297. The molecule has 0 fully saturated rings. The predicted molar refractivity (Wildman–Crippen MR) is 54.7 cm³/mol. The Morgan fingerprint density at radius 3 is 2.77 bits per heavy atom. The van der Waals surface area contributed by atoms with E-state index in [2.05, 4.69) is 15.9 Å². The molecule has 0 aromatic heterocycles. The molecule has 0 saturated carbocycles. The number of methoxy groups -OCH3 is 1. The molecule has 13 heavy (non-hydrogen) atoms. The number of ether oxygens (including phenoxy) is 1. The molecule has 3 heteroatoms. The van der Waals surface area contributed by atoms with Crippen molar-refractivity contribution in [3.05, 3.63) is 34.3 Å². The van der Waals surface area contributed by atoms with Crippen LogP contribution in [0.15, 0.2) is 28.7 Å². The molecule has 0 heterocycles. The number of hydrogen-bond donors (Lipinski definition) is 0. The van der Waals surface area contributed by atoms with Crippen LogP contribution in [0.2, 0.25) is 0 Å². The van der Waals surface area contributed by atoms with Gasteiger partial charge in [0.2, 0.25) is 0 Å². The third-order valence-corrected chi connectivity index (χ3v) is 2.42. The molecule has 0 aliphatic rings. The second-order valence-electron chi connectivity index (χ2n) is 2.74. The van der Waals surface area contributed by atoms with Crippen molar-refractivity contribution in [2.45, 2.75) is 6.42 Å². The van der Waals surface area contributed by atoms with E-state index in [9.17, 15) is 4.79 Å². The first kappa shape index (κ1) is 10.4. The lowest BCUT2D eigenvalue weighted by molar-refractivity contribution is -0.121. The van der Waals surface area contributed by atoms with E-state index in [1.807, 2.05) is 24.3 Å². The SMILES string of the molecule is COCC(=O)Cc1ccccc1Br. The summed E-state index contributed by atoms with van der Waals surface area (Å²) >= 11 is 3.38. The molecular formula is C10H11BrO2. The van der Waals surface area contributed by atoms with Crippen LogP contribution < -0.4 is 0 Å². The van der Waals surface area contributed by atoms with E-state index in [0.29, 0.717) is 6.42 Å². The molecule has 1 rings (SSSR count). The number of benzene rings is 1. The molecule has 70 valence electrons. The maximum absolute atomic E-state index is 11.2. The zero-order valence-electron chi connectivity index (χ0n) is 7.42. The minimum absolute atomic E-state index is 0.0920. The Hall–Kier alpha value is -0.670. The second kappa shape index (κ2) is 5.14. The summed E-state index contributed by atoms with van der Waals surface area (Å²) < 4.78 is 5.72. The van der Waals surface area contributed by atoms with Gasteiger partial charge >= 0.3 is 0 Å².